The third-order valence-corrected chi connectivity index (χ3v) is 0.691. The fourth-order valence-corrected chi connectivity index (χ4v) is 0.381. The molecule has 1 radical (unpaired) electrons. The van der Waals surface area contributed by atoms with Crippen LogP contribution in [-0.2, 0) is 0 Å². The molecule has 4 heteroatoms. The van der Waals surface area contributed by atoms with E-state index in [2.05, 4.69) is 10.3 Å². The van der Waals surface area contributed by atoms with Gasteiger partial charge in [-0.1, -0.05) is 0 Å². The van der Waals surface area contributed by atoms with Gasteiger partial charge in [0.25, 0.3) is 0 Å². The number of hydrogen-bond donors (Lipinski definition) is 2. The zero-order chi connectivity index (χ0) is 5.98. The zero-order valence-electron chi connectivity index (χ0n) is 4.02. The maximum absolute atomic E-state index is 8.52. The highest BCUT2D eigenvalue weighted by Gasteiger charge is 2.03. The lowest BCUT2D eigenvalue weighted by Gasteiger charge is -2.04. The second-order valence-corrected chi connectivity index (χ2v) is 1.30. The number of aliphatic hydroxyl groups excluding tert-OH is 2. The van der Waals surface area contributed by atoms with E-state index < -0.39 is 6.35 Å². The van der Waals surface area contributed by atoms with Gasteiger partial charge in [0.1, 0.15) is 0 Å². The van der Waals surface area contributed by atoms with Crippen LogP contribution in [0.5, 0.6) is 0 Å². The molecule has 4 nitrogen and oxygen atoms in total. The van der Waals surface area contributed by atoms with Gasteiger partial charge in [0.15, 0.2) is 0 Å². The Morgan fingerprint density at radius 2 is 2.38 bits per heavy atom. The minimum atomic E-state index is -1.11. The molecule has 0 amide bonds. The third-order valence-electron chi connectivity index (χ3n) is 0.691. The molecule has 0 spiro atoms. The fraction of sp³-hybridized carbons (Fsp3) is 0.250. The van der Waals surface area contributed by atoms with Crippen LogP contribution in [0.4, 0.5) is 0 Å². The summed E-state index contributed by atoms with van der Waals surface area (Å²) < 4.78 is 0. The fourth-order valence-electron chi connectivity index (χ4n) is 0.381. The van der Waals surface area contributed by atoms with Crippen molar-refractivity contribution in [3.05, 3.63) is 12.3 Å². The average molecular weight is 113 g/mol. The second-order valence-electron chi connectivity index (χ2n) is 1.30. The molecule has 0 fully saturated rings. The zero-order valence-corrected chi connectivity index (χ0v) is 4.02. The van der Waals surface area contributed by atoms with Crippen molar-refractivity contribution < 1.29 is 10.2 Å². The topological polar surface area (TPSA) is 66.9 Å². The van der Waals surface area contributed by atoms with E-state index >= 15 is 0 Å². The predicted octanol–water partition coefficient (Wildman–Crippen LogP) is -0.649. The Bertz CT molecular complexity index is 141. The molecule has 0 bridgehead atoms. The number of nitrogens with zero attached hydrogens (tertiary/aromatic N) is 2. The quantitative estimate of drug-likeness (QED) is 0.438. The van der Waals surface area contributed by atoms with Crippen LogP contribution in [0.1, 0.15) is 0 Å². The summed E-state index contributed by atoms with van der Waals surface area (Å²) in [5.41, 5.74) is 0. The highest BCUT2D eigenvalue weighted by atomic mass is 16.3. The van der Waals surface area contributed by atoms with E-state index in [1.165, 1.54) is 12.3 Å². The summed E-state index contributed by atoms with van der Waals surface area (Å²) in [4.78, 5) is 3.26. The number of hydrogen-bond acceptors (Lipinski definition) is 2. The van der Waals surface area contributed by atoms with Gasteiger partial charge in [-0.3, -0.25) is 0 Å². The van der Waals surface area contributed by atoms with E-state index in [0.717, 1.165) is 0 Å². The Morgan fingerprint density at radius 1 is 1.62 bits per heavy atom. The molecule has 0 aromatic carbocycles. The van der Waals surface area contributed by atoms with Crippen LogP contribution < -0.4 is 5.32 Å². The second kappa shape index (κ2) is 1.83. The summed E-state index contributed by atoms with van der Waals surface area (Å²) in [6, 6.07) is 0. The molecule has 8 heavy (non-hydrogen) atoms. The summed E-state index contributed by atoms with van der Waals surface area (Å²) in [6.07, 6.45) is 1.49. The number of aliphatic imine (C=N–C) groups is 1. The molecule has 0 saturated carbocycles. The summed E-state index contributed by atoms with van der Waals surface area (Å²) in [7, 11) is 0. The van der Waals surface area contributed by atoms with E-state index in [1.54, 1.807) is 0 Å². The number of aliphatic hydroxyl groups is 2. The largest absolute Gasteiger partial charge is 0.493 e. The first-order valence-corrected chi connectivity index (χ1v) is 2.10. The van der Waals surface area contributed by atoms with Crippen molar-refractivity contribution in [3.8, 4) is 0 Å². The first kappa shape index (κ1) is 5.11. The summed E-state index contributed by atoms with van der Waals surface area (Å²) >= 11 is 0. The van der Waals surface area contributed by atoms with E-state index in [1.807, 2.05) is 0 Å². The van der Waals surface area contributed by atoms with E-state index in [0.29, 0.717) is 0 Å². The van der Waals surface area contributed by atoms with Gasteiger partial charge in [0, 0.05) is 12.3 Å². The monoisotopic (exact) mass is 113 g/mol. The van der Waals surface area contributed by atoms with Crippen molar-refractivity contribution in [2.75, 3.05) is 0 Å². The molecule has 1 heterocycles. The molecular weight excluding hydrogens is 108 g/mol. The van der Waals surface area contributed by atoms with Crippen molar-refractivity contribution in [1.82, 2.24) is 5.32 Å². The Kier molecular flexibility index (Phi) is 1.17. The highest BCUT2D eigenvalue weighted by Crippen LogP contribution is 1.90. The molecule has 2 N–H and O–H groups in total. The molecule has 0 aromatic heterocycles. The molecule has 0 saturated heterocycles. The molecule has 1 unspecified atom stereocenters. The lowest BCUT2D eigenvalue weighted by molar-refractivity contribution is 0.155. The summed E-state index contributed by atoms with van der Waals surface area (Å²) in [5.74, 6) is -0.187. The first-order chi connectivity index (χ1) is 3.79. The molecular formula is C4H5N2O2. The Hall–Kier alpha value is -1.03. The summed E-state index contributed by atoms with van der Waals surface area (Å²) in [6.45, 7) is 0. The minimum absolute atomic E-state index is 0.187. The van der Waals surface area contributed by atoms with E-state index in [4.69, 9.17) is 10.2 Å². The van der Waals surface area contributed by atoms with Crippen LogP contribution in [0.2, 0.25) is 0 Å². The molecule has 1 aliphatic heterocycles. The van der Waals surface area contributed by atoms with Gasteiger partial charge in [0.05, 0.1) is 0 Å². The van der Waals surface area contributed by atoms with Crippen LogP contribution in [0.25, 0.3) is 0 Å². The van der Waals surface area contributed by atoms with Gasteiger partial charge in [-0.2, -0.15) is 4.99 Å². The van der Waals surface area contributed by atoms with Crippen molar-refractivity contribution in [3.63, 3.8) is 0 Å². The smallest absolute Gasteiger partial charge is 0.246 e. The van der Waals surface area contributed by atoms with Crippen LogP contribution in [0.15, 0.2) is 17.3 Å². The molecule has 1 atom stereocenters. The van der Waals surface area contributed by atoms with E-state index in [9.17, 15) is 0 Å². The van der Waals surface area contributed by atoms with Crippen molar-refractivity contribution in [2.45, 2.75) is 6.35 Å². The maximum atomic E-state index is 8.52. The lowest BCUT2D eigenvalue weighted by Crippen LogP contribution is -2.19. The van der Waals surface area contributed by atoms with Crippen molar-refractivity contribution >= 4 is 5.90 Å². The van der Waals surface area contributed by atoms with Gasteiger partial charge in [0.2, 0.25) is 12.2 Å². The maximum Gasteiger partial charge on any atom is 0.246 e. The molecule has 1 rings (SSSR count). The average Bonchev–Trinajstić information content (AvgIpc) is 1.64. The van der Waals surface area contributed by atoms with Gasteiger partial charge >= 0.3 is 0 Å². The summed E-state index contributed by atoms with van der Waals surface area (Å²) in [5, 5.41) is 20.4. The SMILES string of the molecule is OC1=NC(O)[N]C=C1. The molecule has 0 aromatic rings. The van der Waals surface area contributed by atoms with Crippen LogP contribution in [-0.4, -0.2) is 22.5 Å². The van der Waals surface area contributed by atoms with Crippen molar-refractivity contribution in [1.29, 1.82) is 0 Å². The van der Waals surface area contributed by atoms with Crippen LogP contribution in [0.3, 0.4) is 0 Å². The van der Waals surface area contributed by atoms with Gasteiger partial charge < -0.3 is 10.2 Å². The van der Waals surface area contributed by atoms with Gasteiger partial charge in [-0.25, -0.2) is 5.32 Å². The predicted molar refractivity (Wildman–Crippen MR) is 27.3 cm³/mol. The molecule has 43 valence electrons. The third kappa shape index (κ3) is 0.974. The van der Waals surface area contributed by atoms with E-state index in [-0.39, 0.29) is 5.90 Å². The van der Waals surface area contributed by atoms with Gasteiger partial charge in [-0.05, 0) is 0 Å². The molecule has 1 aliphatic rings. The van der Waals surface area contributed by atoms with Crippen LogP contribution >= 0.6 is 0 Å². The standard InChI is InChI=1S/C4H5N2O2/c7-3-1-2-5-4(8)6-3/h1-2,4,8H,(H,6,7). The van der Waals surface area contributed by atoms with Crippen LogP contribution in [0, 0.1) is 0 Å². The Morgan fingerprint density at radius 3 is 2.75 bits per heavy atom. The number of rotatable bonds is 0. The van der Waals surface area contributed by atoms with Gasteiger partial charge in [-0.15, -0.1) is 0 Å². The highest BCUT2D eigenvalue weighted by molar-refractivity contribution is 5.86. The Labute approximate surface area is 46.2 Å². The minimum Gasteiger partial charge on any atom is -0.493 e. The molecule has 0 aliphatic carbocycles. The Balaban J connectivity index is 2.63. The van der Waals surface area contributed by atoms with Crippen molar-refractivity contribution in [2.24, 2.45) is 4.99 Å². The lowest BCUT2D eigenvalue weighted by atomic mass is 10.5. The normalized spacial score (nSPS) is 26.6. The first-order valence-electron chi connectivity index (χ1n) is 2.10.